The SMILES string of the molecule is CC(C)(C)N=N[C](=CNC(C)(C)C)[Ni][C](=CNC(C)(C)C)N=NC(C)(C)C. The average molecular weight is 423 g/mol. The Labute approximate surface area is 172 Å². The van der Waals surface area contributed by atoms with Gasteiger partial charge in [-0.2, -0.15) is 0 Å². The van der Waals surface area contributed by atoms with Gasteiger partial charge in [-0.05, 0) is 0 Å². The Morgan fingerprint density at radius 2 is 0.889 bits per heavy atom. The maximum atomic E-state index is 4.45. The van der Waals surface area contributed by atoms with Crippen LogP contribution in [0.15, 0.2) is 42.2 Å². The maximum absolute atomic E-state index is 4.45. The van der Waals surface area contributed by atoms with Gasteiger partial charge < -0.3 is 0 Å². The van der Waals surface area contributed by atoms with Crippen molar-refractivity contribution in [1.82, 2.24) is 10.6 Å². The van der Waals surface area contributed by atoms with Gasteiger partial charge in [0.1, 0.15) is 0 Å². The predicted molar refractivity (Wildman–Crippen MR) is 111 cm³/mol. The van der Waals surface area contributed by atoms with E-state index < -0.39 is 0 Å². The molecular weight excluding hydrogens is 383 g/mol. The molecule has 0 aromatic carbocycles. The molecule has 0 aliphatic rings. The van der Waals surface area contributed by atoms with Crippen molar-refractivity contribution in [3.05, 3.63) is 21.7 Å². The van der Waals surface area contributed by atoms with Crippen LogP contribution in [-0.4, -0.2) is 22.2 Å². The summed E-state index contributed by atoms with van der Waals surface area (Å²) >= 11 is 1.21. The molecule has 0 aliphatic heterocycles. The van der Waals surface area contributed by atoms with E-state index in [4.69, 9.17) is 0 Å². The molecule has 0 aliphatic carbocycles. The Morgan fingerprint density at radius 3 is 1.11 bits per heavy atom. The minimum atomic E-state index is -0.245. The Balaban J connectivity index is 5.74. The topological polar surface area (TPSA) is 73.5 Å². The van der Waals surface area contributed by atoms with Gasteiger partial charge in [0.2, 0.25) is 0 Å². The van der Waals surface area contributed by atoms with Gasteiger partial charge in [-0.1, -0.05) is 0 Å². The van der Waals surface area contributed by atoms with Crippen molar-refractivity contribution in [2.75, 3.05) is 0 Å². The van der Waals surface area contributed by atoms with Gasteiger partial charge >= 0.3 is 173 Å². The molecule has 0 radical (unpaired) electrons. The van der Waals surface area contributed by atoms with Crippen molar-refractivity contribution >= 4 is 0 Å². The van der Waals surface area contributed by atoms with E-state index in [1.54, 1.807) is 0 Å². The summed E-state index contributed by atoms with van der Waals surface area (Å²) in [6.45, 7) is 24.8. The molecule has 0 aromatic heterocycles. The molecule has 0 saturated carbocycles. The van der Waals surface area contributed by atoms with Gasteiger partial charge in [-0.15, -0.1) is 0 Å². The third kappa shape index (κ3) is 17.9. The Morgan fingerprint density at radius 1 is 0.593 bits per heavy atom. The van der Waals surface area contributed by atoms with Gasteiger partial charge in [0, 0.05) is 0 Å². The van der Waals surface area contributed by atoms with Gasteiger partial charge in [-0.3, -0.25) is 0 Å². The first-order valence-corrected chi connectivity index (χ1v) is 10.3. The Hall–Kier alpha value is -1.23. The second kappa shape index (κ2) is 9.81. The van der Waals surface area contributed by atoms with Crippen molar-refractivity contribution in [2.45, 2.75) is 105 Å². The van der Waals surface area contributed by atoms with Crippen LogP contribution in [0.3, 0.4) is 0 Å². The normalized spacial score (nSPS) is 15.9. The Kier molecular flexibility index (Phi) is 9.37. The number of nitrogens with zero attached hydrogens (tertiary/aromatic N) is 4. The average Bonchev–Trinajstić information content (AvgIpc) is 2.40. The molecule has 0 amide bonds. The molecule has 0 atom stereocenters. The summed E-state index contributed by atoms with van der Waals surface area (Å²) in [5.74, 6) is 0. The van der Waals surface area contributed by atoms with E-state index in [2.05, 4.69) is 72.6 Å². The number of nitrogens with one attached hydrogen (secondary N) is 2. The van der Waals surface area contributed by atoms with Crippen LogP contribution in [0, 0.1) is 0 Å². The van der Waals surface area contributed by atoms with Crippen LogP contribution in [0.25, 0.3) is 0 Å². The fourth-order valence-corrected chi connectivity index (χ4v) is 1.89. The van der Waals surface area contributed by atoms with Gasteiger partial charge in [0.05, 0.1) is 0 Å². The summed E-state index contributed by atoms with van der Waals surface area (Å²) in [5.41, 5.74) is -0.615. The van der Waals surface area contributed by atoms with E-state index in [-0.39, 0.29) is 22.2 Å². The monoisotopic (exact) mass is 422 g/mol. The van der Waals surface area contributed by atoms with E-state index in [9.17, 15) is 0 Å². The molecule has 0 aromatic rings. The molecule has 0 bridgehead atoms. The molecule has 0 rings (SSSR count). The van der Waals surface area contributed by atoms with E-state index in [1.807, 2.05) is 53.9 Å². The van der Waals surface area contributed by atoms with Crippen LogP contribution >= 0.6 is 0 Å². The summed E-state index contributed by atoms with van der Waals surface area (Å²) in [6, 6.07) is 0. The van der Waals surface area contributed by atoms with Gasteiger partial charge in [0.15, 0.2) is 0 Å². The first-order valence-electron chi connectivity index (χ1n) is 9.27. The standard InChI is InChI=1S/2C10H20N3.Ni/c2*1-9(2,3)11-7-8-12-13-10(4,5)6;/h2*7,11H,1-6H3;. The molecule has 0 unspecified atom stereocenters. The summed E-state index contributed by atoms with van der Waals surface area (Å²) in [7, 11) is 0. The molecule has 27 heavy (non-hydrogen) atoms. The van der Waals surface area contributed by atoms with Crippen LogP contribution in [0.2, 0.25) is 0 Å². The molecule has 0 saturated heterocycles. The van der Waals surface area contributed by atoms with Crippen LogP contribution < -0.4 is 10.6 Å². The third-order valence-electron chi connectivity index (χ3n) is 2.27. The van der Waals surface area contributed by atoms with Crippen molar-refractivity contribution in [3.8, 4) is 0 Å². The molecule has 2 N–H and O–H groups in total. The summed E-state index contributed by atoms with van der Waals surface area (Å²) < 4.78 is 1.50. The van der Waals surface area contributed by atoms with Crippen molar-refractivity contribution < 1.29 is 14.4 Å². The van der Waals surface area contributed by atoms with Crippen LogP contribution in [0.5, 0.6) is 0 Å². The number of azo groups is 2. The molecule has 0 fully saturated rings. The fourth-order valence-electron chi connectivity index (χ4n) is 1.15. The molecule has 7 heteroatoms. The van der Waals surface area contributed by atoms with Crippen LogP contribution in [-0.2, 0) is 14.4 Å². The summed E-state index contributed by atoms with van der Waals surface area (Å²) in [4.78, 5) is 0. The second-order valence-corrected chi connectivity index (χ2v) is 11.7. The van der Waals surface area contributed by atoms with Gasteiger partial charge in [-0.25, -0.2) is 0 Å². The summed E-state index contributed by atoms with van der Waals surface area (Å²) in [6.07, 6.45) is 3.79. The van der Waals surface area contributed by atoms with Crippen LogP contribution in [0.1, 0.15) is 83.1 Å². The first-order chi connectivity index (χ1) is 11.9. The zero-order valence-electron chi connectivity index (χ0n) is 19.3. The number of rotatable bonds is 6. The quantitative estimate of drug-likeness (QED) is 0.410. The molecule has 6 nitrogen and oxygen atoms in total. The number of hydrogen-bond acceptors (Lipinski definition) is 6. The number of hydrogen-bond donors (Lipinski definition) is 2. The van der Waals surface area contributed by atoms with E-state index in [0.29, 0.717) is 0 Å². The van der Waals surface area contributed by atoms with Gasteiger partial charge in [0.25, 0.3) is 0 Å². The van der Waals surface area contributed by atoms with E-state index in [1.165, 1.54) is 14.4 Å². The zero-order valence-corrected chi connectivity index (χ0v) is 20.2. The minimum absolute atomic E-state index is 0.0626. The van der Waals surface area contributed by atoms with E-state index in [0.717, 1.165) is 9.33 Å². The van der Waals surface area contributed by atoms with Crippen molar-refractivity contribution in [1.29, 1.82) is 0 Å². The zero-order chi connectivity index (χ0) is 21.5. The Bertz CT molecular complexity index is 524. The fraction of sp³-hybridized carbons (Fsp3) is 0.800. The van der Waals surface area contributed by atoms with E-state index >= 15 is 0 Å². The molecule has 0 spiro atoms. The molecule has 0 heterocycles. The second-order valence-electron chi connectivity index (χ2n) is 10.5. The van der Waals surface area contributed by atoms with Crippen molar-refractivity contribution in [3.63, 3.8) is 0 Å². The predicted octanol–water partition coefficient (Wildman–Crippen LogP) is 5.94. The molecular formula is C20H40N6Ni. The first kappa shape index (κ1) is 25.8. The third-order valence-corrected chi connectivity index (χ3v) is 3.26. The summed E-state index contributed by atoms with van der Waals surface area (Å²) in [5, 5.41) is 24.4. The van der Waals surface area contributed by atoms with Crippen molar-refractivity contribution in [2.24, 2.45) is 20.5 Å². The van der Waals surface area contributed by atoms with Crippen LogP contribution in [0.4, 0.5) is 0 Å². The molecule has 160 valence electrons.